The molecule has 0 spiro atoms. The lowest BCUT2D eigenvalue weighted by molar-refractivity contribution is 0.402. The fourth-order valence-corrected chi connectivity index (χ4v) is 3.08. The SMILES string of the molecule is COc1cc(Br)c(N)cc1S(=O)(=O)Nc1cc(C)[nH]n1. The zero-order valence-electron chi connectivity index (χ0n) is 10.8. The molecule has 1 aromatic heterocycles. The van der Waals surface area contributed by atoms with Gasteiger partial charge in [0, 0.05) is 21.9 Å². The van der Waals surface area contributed by atoms with Crippen LogP contribution in [0.5, 0.6) is 5.75 Å². The maximum atomic E-state index is 12.3. The van der Waals surface area contributed by atoms with Gasteiger partial charge in [0.05, 0.1) is 7.11 Å². The zero-order chi connectivity index (χ0) is 14.9. The summed E-state index contributed by atoms with van der Waals surface area (Å²) in [6.45, 7) is 1.77. The number of methoxy groups -OCH3 is 1. The quantitative estimate of drug-likeness (QED) is 0.720. The van der Waals surface area contributed by atoms with Gasteiger partial charge in [0.2, 0.25) is 0 Å². The summed E-state index contributed by atoms with van der Waals surface area (Å²) in [4.78, 5) is -0.0543. The molecule has 7 nitrogen and oxygen atoms in total. The molecule has 20 heavy (non-hydrogen) atoms. The summed E-state index contributed by atoms with van der Waals surface area (Å²) in [5.41, 5.74) is 6.76. The number of nitrogen functional groups attached to an aromatic ring is 1. The third kappa shape index (κ3) is 2.88. The lowest BCUT2D eigenvalue weighted by Gasteiger charge is -2.12. The van der Waals surface area contributed by atoms with Crippen LogP contribution in [-0.4, -0.2) is 25.7 Å². The number of anilines is 2. The highest BCUT2D eigenvalue weighted by atomic mass is 79.9. The van der Waals surface area contributed by atoms with Crippen molar-refractivity contribution in [3.8, 4) is 5.75 Å². The lowest BCUT2D eigenvalue weighted by Crippen LogP contribution is -2.15. The number of nitrogens with one attached hydrogen (secondary N) is 2. The molecule has 1 heterocycles. The van der Waals surface area contributed by atoms with Crippen molar-refractivity contribution in [2.75, 3.05) is 17.6 Å². The van der Waals surface area contributed by atoms with Crippen molar-refractivity contribution in [1.29, 1.82) is 0 Å². The van der Waals surface area contributed by atoms with Gasteiger partial charge in [-0.1, -0.05) is 0 Å². The Hall–Kier alpha value is -1.74. The molecule has 4 N–H and O–H groups in total. The summed E-state index contributed by atoms with van der Waals surface area (Å²) in [6.07, 6.45) is 0. The zero-order valence-corrected chi connectivity index (χ0v) is 13.2. The summed E-state index contributed by atoms with van der Waals surface area (Å²) in [7, 11) is -2.46. The topological polar surface area (TPSA) is 110 Å². The third-order valence-electron chi connectivity index (χ3n) is 2.52. The van der Waals surface area contributed by atoms with Gasteiger partial charge in [-0.3, -0.25) is 9.82 Å². The number of aryl methyl sites for hydroxylation is 1. The van der Waals surface area contributed by atoms with Crippen LogP contribution < -0.4 is 15.2 Å². The Morgan fingerprint density at radius 2 is 2.10 bits per heavy atom. The molecule has 1 aromatic carbocycles. The van der Waals surface area contributed by atoms with Crippen LogP contribution in [0.3, 0.4) is 0 Å². The second-order valence-electron chi connectivity index (χ2n) is 4.07. The fraction of sp³-hybridized carbons (Fsp3) is 0.182. The van der Waals surface area contributed by atoms with E-state index >= 15 is 0 Å². The van der Waals surface area contributed by atoms with E-state index in [0.717, 1.165) is 5.69 Å². The van der Waals surface area contributed by atoms with E-state index in [4.69, 9.17) is 10.5 Å². The van der Waals surface area contributed by atoms with Crippen LogP contribution in [0, 0.1) is 6.92 Å². The van der Waals surface area contributed by atoms with E-state index in [1.807, 2.05) is 0 Å². The van der Waals surface area contributed by atoms with E-state index in [2.05, 4.69) is 30.8 Å². The number of benzene rings is 1. The van der Waals surface area contributed by atoms with Crippen LogP contribution in [0.1, 0.15) is 5.69 Å². The molecule has 0 atom stereocenters. The normalized spacial score (nSPS) is 11.3. The van der Waals surface area contributed by atoms with Crippen molar-refractivity contribution in [3.05, 3.63) is 28.4 Å². The van der Waals surface area contributed by atoms with Gasteiger partial charge in [0.25, 0.3) is 10.0 Å². The molecule has 0 saturated heterocycles. The number of nitrogens with zero attached hydrogens (tertiary/aromatic N) is 1. The highest BCUT2D eigenvalue weighted by molar-refractivity contribution is 9.10. The first kappa shape index (κ1) is 14.7. The fourth-order valence-electron chi connectivity index (χ4n) is 1.58. The minimum absolute atomic E-state index is 0.0543. The molecule has 2 aromatic rings. The summed E-state index contributed by atoms with van der Waals surface area (Å²) < 4.78 is 32.7. The molecule has 2 rings (SSSR count). The summed E-state index contributed by atoms with van der Waals surface area (Å²) >= 11 is 3.22. The van der Waals surface area contributed by atoms with E-state index in [1.54, 1.807) is 13.0 Å². The highest BCUT2D eigenvalue weighted by Crippen LogP contribution is 2.33. The Bertz CT molecular complexity index is 742. The monoisotopic (exact) mass is 360 g/mol. The Morgan fingerprint density at radius 1 is 1.40 bits per heavy atom. The number of aromatic amines is 1. The van der Waals surface area contributed by atoms with Crippen LogP contribution in [-0.2, 0) is 10.0 Å². The van der Waals surface area contributed by atoms with Crippen LogP contribution in [0.2, 0.25) is 0 Å². The van der Waals surface area contributed by atoms with Gasteiger partial charge >= 0.3 is 0 Å². The van der Waals surface area contributed by atoms with Crippen LogP contribution in [0.25, 0.3) is 0 Å². The molecular formula is C11H13BrN4O3S. The predicted octanol–water partition coefficient (Wildman–Crippen LogP) is 1.87. The van der Waals surface area contributed by atoms with Crippen LogP contribution >= 0.6 is 15.9 Å². The molecule has 0 radical (unpaired) electrons. The highest BCUT2D eigenvalue weighted by Gasteiger charge is 2.22. The van der Waals surface area contributed by atoms with Gasteiger partial charge in [-0.25, -0.2) is 8.42 Å². The number of aromatic nitrogens is 2. The largest absolute Gasteiger partial charge is 0.495 e. The second-order valence-corrected chi connectivity index (χ2v) is 6.57. The first-order valence-electron chi connectivity index (χ1n) is 5.51. The summed E-state index contributed by atoms with van der Waals surface area (Å²) in [6, 6.07) is 4.40. The number of rotatable bonds is 4. The molecule has 0 unspecified atom stereocenters. The molecular weight excluding hydrogens is 348 g/mol. The first-order chi connectivity index (χ1) is 9.33. The van der Waals surface area contributed by atoms with Crippen molar-refractivity contribution >= 4 is 37.5 Å². The predicted molar refractivity (Wildman–Crippen MR) is 79.2 cm³/mol. The number of ether oxygens (including phenoxy) is 1. The van der Waals surface area contributed by atoms with Gasteiger partial charge in [-0.05, 0) is 35.0 Å². The number of H-pyrrole nitrogens is 1. The number of hydrogen-bond acceptors (Lipinski definition) is 5. The lowest BCUT2D eigenvalue weighted by atomic mass is 10.3. The molecule has 0 aliphatic rings. The van der Waals surface area contributed by atoms with Gasteiger partial charge in [-0.2, -0.15) is 5.10 Å². The van der Waals surface area contributed by atoms with Gasteiger partial charge in [-0.15, -0.1) is 0 Å². The number of hydrogen-bond donors (Lipinski definition) is 3. The van der Waals surface area contributed by atoms with E-state index in [-0.39, 0.29) is 16.5 Å². The Labute approximate surface area is 124 Å². The Morgan fingerprint density at radius 3 is 2.65 bits per heavy atom. The summed E-state index contributed by atoms with van der Waals surface area (Å²) in [5.74, 6) is 0.386. The van der Waals surface area contributed by atoms with Crippen LogP contribution in [0.4, 0.5) is 11.5 Å². The third-order valence-corrected chi connectivity index (χ3v) is 4.58. The molecule has 0 fully saturated rings. The van der Waals surface area contributed by atoms with E-state index in [1.165, 1.54) is 19.2 Å². The average Bonchev–Trinajstić information content (AvgIpc) is 2.76. The number of nitrogens with two attached hydrogens (primary N) is 1. The van der Waals surface area contributed by atoms with Crippen molar-refractivity contribution in [2.24, 2.45) is 0 Å². The van der Waals surface area contributed by atoms with E-state index in [9.17, 15) is 8.42 Å². The average molecular weight is 361 g/mol. The molecule has 0 aliphatic heterocycles. The van der Waals surface area contributed by atoms with E-state index in [0.29, 0.717) is 10.2 Å². The van der Waals surface area contributed by atoms with Gasteiger partial charge in [0.1, 0.15) is 10.6 Å². The Kier molecular flexibility index (Phi) is 3.91. The minimum atomic E-state index is -3.84. The van der Waals surface area contributed by atoms with Crippen molar-refractivity contribution in [3.63, 3.8) is 0 Å². The molecule has 0 aliphatic carbocycles. The molecule has 9 heteroatoms. The molecule has 0 amide bonds. The summed E-state index contributed by atoms with van der Waals surface area (Å²) in [5, 5.41) is 6.48. The van der Waals surface area contributed by atoms with Crippen LogP contribution in [0.15, 0.2) is 27.6 Å². The molecule has 108 valence electrons. The maximum Gasteiger partial charge on any atom is 0.266 e. The van der Waals surface area contributed by atoms with Gasteiger partial charge in [0.15, 0.2) is 5.82 Å². The number of sulfonamides is 1. The van der Waals surface area contributed by atoms with Gasteiger partial charge < -0.3 is 10.5 Å². The Balaban J connectivity index is 2.46. The molecule has 0 saturated carbocycles. The van der Waals surface area contributed by atoms with Crippen molar-refractivity contribution in [1.82, 2.24) is 10.2 Å². The smallest absolute Gasteiger partial charge is 0.266 e. The van der Waals surface area contributed by atoms with E-state index < -0.39 is 10.0 Å². The second kappa shape index (κ2) is 5.33. The maximum absolute atomic E-state index is 12.3. The van der Waals surface area contributed by atoms with Crippen molar-refractivity contribution < 1.29 is 13.2 Å². The molecule has 0 bridgehead atoms. The van der Waals surface area contributed by atoms with Crippen molar-refractivity contribution in [2.45, 2.75) is 11.8 Å². The minimum Gasteiger partial charge on any atom is -0.495 e. The number of halogens is 1. The first-order valence-corrected chi connectivity index (χ1v) is 7.79. The standard InChI is InChI=1S/C11H13BrN4O3S/c1-6-3-11(15-14-6)16-20(17,18)10-5-8(13)7(12)4-9(10)19-2/h3-5H,13H2,1-2H3,(H2,14,15,16).